The maximum Gasteiger partial charge on any atom is 0.427 e. The molecule has 0 amide bonds. The number of alkyl halides is 3. The van der Waals surface area contributed by atoms with E-state index in [0.29, 0.717) is 0 Å². The minimum Gasteiger partial charge on any atom is -0.478 e. The monoisotopic (exact) mass is 283 g/mol. The third-order valence-corrected chi connectivity index (χ3v) is 2.40. The van der Waals surface area contributed by atoms with E-state index in [2.05, 4.69) is 0 Å². The molecule has 4 nitrogen and oxygen atoms in total. The van der Waals surface area contributed by atoms with Crippen molar-refractivity contribution >= 4 is 17.6 Å². The van der Waals surface area contributed by atoms with E-state index in [9.17, 15) is 18.0 Å². The van der Waals surface area contributed by atoms with Crippen molar-refractivity contribution in [2.24, 2.45) is 0 Å². The van der Waals surface area contributed by atoms with Gasteiger partial charge in [0.15, 0.2) is 0 Å². The lowest BCUT2D eigenvalue weighted by atomic mass is 10.1. The van der Waals surface area contributed by atoms with Crippen LogP contribution in [0.1, 0.15) is 15.9 Å². The first-order chi connectivity index (χ1) is 8.21. The van der Waals surface area contributed by atoms with Crippen LogP contribution < -0.4 is 5.32 Å². The topological polar surface area (TPSA) is 69.6 Å². The number of hydrogen-bond acceptors (Lipinski definition) is 3. The summed E-state index contributed by atoms with van der Waals surface area (Å²) in [6.45, 7) is -0.335. The molecular weight excluding hydrogens is 275 g/mol. The van der Waals surface area contributed by atoms with E-state index in [1.807, 2.05) is 5.32 Å². The quantitative estimate of drug-likeness (QED) is 0.739. The van der Waals surface area contributed by atoms with Crippen LogP contribution in [0.5, 0.6) is 0 Å². The summed E-state index contributed by atoms with van der Waals surface area (Å²) in [5.74, 6) is -1.28. The summed E-state index contributed by atoms with van der Waals surface area (Å²) in [5.41, 5.74) is 0.0533. The fourth-order valence-electron chi connectivity index (χ4n) is 1.18. The standard InChI is InChI=1S/C10H9ClF3NO3/c11-7-2-1-5(3-6(7)8(16)17)4-15-9(18)10(12,13)14/h1-3,9,15,18H,4H2,(H,16,17). The molecule has 3 N–H and O–H groups in total. The van der Waals surface area contributed by atoms with Gasteiger partial charge in [0.1, 0.15) is 0 Å². The second-order valence-corrected chi connectivity index (χ2v) is 3.85. The van der Waals surface area contributed by atoms with Crippen LogP contribution in [0.4, 0.5) is 13.2 Å². The number of halogens is 4. The van der Waals surface area contributed by atoms with Crippen LogP contribution in [0.3, 0.4) is 0 Å². The van der Waals surface area contributed by atoms with Crippen molar-refractivity contribution < 1.29 is 28.2 Å². The number of carboxylic acid groups (broad SMARTS) is 1. The number of rotatable bonds is 4. The molecule has 1 rings (SSSR count). The Kier molecular flexibility index (Phi) is 4.55. The van der Waals surface area contributed by atoms with Crippen molar-refractivity contribution in [3.05, 3.63) is 34.3 Å². The van der Waals surface area contributed by atoms with Crippen molar-refractivity contribution in [2.45, 2.75) is 18.9 Å². The highest BCUT2D eigenvalue weighted by Crippen LogP contribution is 2.20. The van der Waals surface area contributed by atoms with E-state index in [1.54, 1.807) is 0 Å². The van der Waals surface area contributed by atoms with Gasteiger partial charge in [-0.3, -0.25) is 5.32 Å². The van der Waals surface area contributed by atoms with Gasteiger partial charge >= 0.3 is 12.1 Å². The van der Waals surface area contributed by atoms with Gasteiger partial charge in [-0.25, -0.2) is 4.79 Å². The Bertz CT molecular complexity index is 450. The zero-order valence-electron chi connectivity index (χ0n) is 8.83. The second kappa shape index (κ2) is 5.55. The molecule has 0 saturated heterocycles. The summed E-state index contributed by atoms with van der Waals surface area (Å²) in [5, 5.41) is 19.3. The fourth-order valence-corrected chi connectivity index (χ4v) is 1.37. The van der Waals surface area contributed by atoms with Gasteiger partial charge < -0.3 is 10.2 Å². The predicted octanol–water partition coefficient (Wildman–Crippen LogP) is 2.01. The number of aliphatic hydroxyl groups is 1. The van der Waals surface area contributed by atoms with E-state index < -0.39 is 18.4 Å². The Balaban J connectivity index is 2.75. The molecule has 0 radical (unpaired) electrons. The average molecular weight is 284 g/mol. The summed E-state index contributed by atoms with van der Waals surface area (Å²) in [6.07, 6.45) is -7.44. The molecule has 0 heterocycles. The largest absolute Gasteiger partial charge is 0.478 e. The molecule has 18 heavy (non-hydrogen) atoms. The summed E-state index contributed by atoms with van der Waals surface area (Å²) < 4.78 is 36.0. The van der Waals surface area contributed by atoms with Gasteiger partial charge in [0, 0.05) is 6.54 Å². The molecule has 1 aromatic carbocycles. The molecule has 0 bridgehead atoms. The van der Waals surface area contributed by atoms with Crippen LogP contribution >= 0.6 is 11.6 Å². The average Bonchev–Trinajstić information content (AvgIpc) is 2.25. The lowest BCUT2D eigenvalue weighted by molar-refractivity contribution is -0.213. The van der Waals surface area contributed by atoms with E-state index in [1.165, 1.54) is 12.1 Å². The molecular formula is C10H9ClF3NO3. The van der Waals surface area contributed by atoms with Gasteiger partial charge in [0.2, 0.25) is 6.23 Å². The maximum absolute atomic E-state index is 12.0. The number of hydrogen-bond donors (Lipinski definition) is 3. The Hall–Kier alpha value is -1.31. The number of aromatic carboxylic acids is 1. The van der Waals surface area contributed by atoms with Crippen molar-refractivity contribution in [1.82, 2.24) is 5.32 Å². The van der Waals surface area contributed by atoms with Crippen molar-refractivity contribution in [3.8, 4) is 0 Å². The first-order valence-corrected chi connectivity index (χ1v) is 5.09. The lowest BCUT2D eigenvalue weighted by Gasteiger charge is -2.16. The first-order valence-electron chi connectivity index (χ1n) is 4.71. The summed E-state index contributed by atoms with van der Waals surface area (Å²) >= 11 is 5.60. The SMILES string of the molecule is O=C(O)c1cc(CNC(O)C(F)(F)F)ccc1Cl. The predicted molar refractivity (Wildman–Crippen MR) is 57.3 cm³/mol. The van der Waals surface area contributed by atoms with E-state index in [-0.39, 0.29) is 22.7 Å². The molecule has 0 aliphatic heterocycles. The second-order valence-electron chi connectivity index (χ2n) is 3.44. The van der Waals surface area contributed by atoms with Gasteiger partial charge in [-0.05, 0) is 17.7 Å². The van der Waals surface area contributed by atoms with Crippen molar-refractivity contribution in [1.29, 1.82) is 0 Å². The number of benzene rings is 1. The molecule has 100 valence electrons. The van der Waals surface area contributed by atoms with Crippen LogP contribution in [0, 0.1) is 0 Å². The van der Waals surface area contributed by atoms with E-state index >= 15 is 0 Å². The van der Waals surface area contributed by atoms with E-state index in [4.69, 9.17) is 21.8 Å². The third-order valence-electron chi connectivity index (χ3n) is 2.07. The van der Waals surface area contributed by atoms with Gasteiger partial charge in [0.25, 0.3) is 0 Å². The highest BCUT2D eigenvalue weighted by molar-refractivity contribution is 6.33. The molecule has 1 aromatic rings. The minimum atomic E-state index is -4.78. The third kappa shape index (κ3) is 3.86. The van der Waals surface area contributed by atoms with Crippen LogP contribution in [0.25, 0.3) is 0 Å². The van der Waals surface area contributed by atoms with Crippen molar-refractivity contribution in [3.63, 3.8) is 0 Å². The summed E-state index contributed by atoms with van der Waals surface area (Å²) in [4.78, 5) is 10.7. The summed E-state index contributed by atoms with van der Waals surface area (Å²) in [7, 11) is 0. The molecule has 1 unspecified atom stereocenters. The molecule has 0 aliphatic carbocycles. The molecule has 1 atom stereocenters. The Labute approximate surface area is 105 Å². The normalized spacial score (nSPS) is 13.4. The van der Waals surface area contributed by atoms with Gasteiger partial charge in [0.05, 0.1) is 10.6 Å². The Morgan fingerprint density at radius 2 is 2.06 bits per heavy atom. The van der Waals surface area contributed by atoms with Gasteiger partial charge in [-0.1, -0.05) is 17.7 Å². The first kappa shape index (κ1) is 14.7. The lowest BCUT2D eigenvalue weighted by Crippen LogP contribution is -2.41. The maximum atomic E-state index is 12.0. The number of carbonyl (C=O) groups is 1. The van der Waals surface area contributed by atoms with E-state index in [0.717, 1.165) is 6.07 Å². The number of carboxylic acids is 1. The molecule has 8 heteroatoms. The fraction of sp³-hybridized carbons (Fsp3) is 0.300. The molecule has 0 saturated carbocycles. The molecule has 0 aliphatic rings. The zero-order chi connectivity index (χ0) is 13.9. The summed E-state index contributed by atoms with van der Waals surface area (Å²) in [6, 6.07) is 3.77. The smallest absolute Gasteiger partial charge is 0.427 e. The van der Waals surface area contributed by atoms with Crippen LogP contribution in [0.15, 0.2) is 18.2 Å². The Morgan fingerprint density at radius 1 is 1.44 bits per heavy atom. The highest BCUT2D eigenvalue weighted by atomic mass is 35.5. The molecule has 0 spiro atoms. The molecule has 0 aromatic heterocycles. The van der Waals surface area contributed by atoms with Gasteiger partial charge in [-0.15, -0.1) is 0 Å². The number of aliphatic hydroxyl groups excluding tert-OH is 1. The number of nitrogens with one attached hydrogen (secondary N) is 1. The van der Waals surface area contributed by atoms with Crippen LogP contribution in [-0.2, 0) is 6.54 Å². The molecule has 0 fully saturated rings. The van der Waals surface area contributed by atoms with Gasteiger partial charge in [-0.2, -0.15) is 13.2 Å². The van der Waals surface area contributed by atoms with Crippen molar-refractivity contribution in [2.75, 3.05) is 0 Å². The highest BCUT2D eigenvalue weighted by Gasteiger charge is 2.37. The van der Waals surface area contributed by atoms with Crippen LogP contribution in [-0.4, -0.2) is 28.6 Å². The van der Waals surface area contributed by atoms with Crippen LogP contribution in [0.2, 0.25) is 5.02 Å². The minimum absolute atomic E-state index is 0.0115. The zero-order valence-corrected chi connectivity index (χ0v) is 9.59. The Morgan fingerprint density at radius 3 is 2.56 bits per heavy atom.